The highest BCUT2D eigenvalue weighted by atomic mass is 16.5. The number of rotatable bonds is 2. The number of esters is 1. The van der Waals surface area contributed by atoms with Crippen LogP contribution in [0, 0.1) is 12.8 Å². The number of ether oxygens (including phenoxy) is 1. The van der Waals surface area contributed by atoms with Gasteiger partial charge in [0.15, 0.2) is 0 Å². The standard InChI is InChI=1S/C21H24O4/c1-13-11-17(24-20(22)14-7-3-2-4-8-14)19-15-9-5-6-10-16(15)21(23)25-18(19)12-13/h11-12,14H,2-10H2,1H3. The SMILES string of the molecule is Cc1cc(OC(=O)C2CCCCC2)c2c3c(c(=O)oc2c1)CCCC3. The smallest absolute Gasteiger partial charge is 0.339 e. The molecule has 2 aliphatic rings. The van der Waals surface area contributed by atoms with Gasteiger partial charge in [0.25, 0.3) is 0 Å². The minimum Gasteiger partial charge on any atom is -0.426 e. The average molecular weight is 340 g/mol. The van der Waals surface area contributed by atoms with E-state index in [4.69, 9.17) is 9.15 Å². The predicted molar refractivity (Wildman–Crippen MR) is 96.1 cm³/mol. The molecule has 0 atom stereocenters. The Morgan fingerprint density at radius 3 is 2.52 bits per heavy atom. The van der Waals surface area contributed by atoms with Crippen molar-refractivity contribution in [3.8, 4) is 5.75 Å². The van der Waals surface area contributed by atoms with Crippen LogP contribution in [0.1, 0.15) is 61.6 Å². The van der Waals surface area contributed by atoms with E-state index in [1.54, 1.807) is 0 Å². The van der Waals surface area contributed by atoms with Gasteiger partial charge in [-0.25, -0.2) is 4.79 Å². The zero-order valence-corrected chi connectivity index (χ0v) is 14.7. The summed E-state index contributed by atoms with van der Waals surface area (Å²) in [5.74, 6) is 0.422. The Balaban J connectivity index is 1.79. The van der Waals surface area contributed by atoms with Crippen LogP contribution < -0.4 is 10.4 Å². The lowest BCUT2D eigenvalue weighted by Gasteiger charge is -2.22. The Bertz CT molecular complexity index is 872. The highest BCUT2D eigenvalue weighted by molar-refractivity contribution is 5.91. The van der Waals surface area contributed by atoms with Gasteiger partial charge in [0.1, 0.15) is 11.3 Å². The molecule has 1 aromatic heterocycles. The molecule has 25 heavy (non-hydrogen) atoms. The average Bonchev–Trinajstić information content (AvgIpc) is 2.62. The van der Waals surface area contributed by atoms with Gasteiger partial charge in [-0.2, -0.15) is 0 Å². The van der Waals surface area contributed by atoms with Crippen molar-refractivity contribution < 1.29 is 13.9 Å². The van der Waals surface area contributed by atoms with Crippen LogP contribution in [0.25, 0.3) is 11.0 Å². The Labute approximate surface area is 147 Å². The predicted octanol–water partition coefficient (Wildman–Crippen LogP) is 4.47. The molecule has 132 valence electrons. The van der Waals surface area contributed by atoms with Crippen molar-refractivity contribution in [2.75, 3.05) is 0 Å². The van der Waals surface area contributed by atoms with E-state index in [1.807, 2.05) is 19.1 Å². The molecule has 4 nitrogen and oxygen atoms in total. The maximum absolute atomic E-state index is 12.6. The second kappa shape index (κ2) is 6.66. The number of carbonyl (C=O) groups is 1. The largest absolute Gasteiger partial charge is 0.426 e. The van der Waals surface area contributed by atoms with E-state index >= 15 is 0 Å². The molecule has 0 saturated heterocycles. The molecule has 0 N–H and O–H groups in total. The van der Waals surface area contributed by atoms with Crippen molar-refractivity contribution in [1.82, 2.24) is 0 Å². The molecule has 2 aliphatic carbocycles. The van der Waals surface area contributed by atoms with Crippen LogP contribution in [0.2, 0.25) is 0 Å². The van der Waals surface area contributed by atoms with Gasteiger partial charge < -0.3 is 9.15 Å². The molecule has 1 saturated carbocycles. The fourth-order valence-corrected chi connectivity index (χ4v) is 4.28. The topological polar surface area (TPSA) is 56.5 Å². The second-order valence-electron chi connectivity index (χ2n) is 7.45. The molecule has 4 heteroatoms. The van der Waals surface area contributed by atoms with E-state index in [-0.39, 0.29) is 17.5 Å². The molecule has 0 radical (unpaired) electrons. The van der Waals surface area contributed by atoms with Crippen LogP contribution >= 0.6 is 0 Å². The van der Waals surface area contributed by atoms with Crippen LogP contribution in [-0.4, -0.2) is 5.97 Å². The van der Waals surface area contributed by atoms with E-state index in [0.717, 1.165) is 73.4 Å². The molecular weight excluding hydrogens is 316 g/mol. The lowest BCUT2D eigenvalue weighted by atomic mass is 9.89. The quantitative estimate of drug-likeness (QED) is 0.460. The van der Waals surface area contributed by atoms with Gasteiger partial charge in [-0.1, -0.05) is 19.3 Å². The first-order valence-corrected chi connectivity index (χ1v) is 9.44. The lowest BCUT2D eigenvalue weighted by Crippen LogP contribution is -2.23. The van der Waals surface area contributed by atoms with Gasteiger partial charge in [0.2, 0.25) is 0 Å². The molecule has 0 unspecified atom stereocenters. The molecule has 1 fully saturated rings. The summed E-state index contributed by atoms with van der Waals surface area (Å²) >= 11 is 0. The van der Waals surface area contributed by atoms with Crippen molar-refractivity contribution in [1.29, 1.82) is 0 Å². The molecular formula is C21H24O4. The fraction of sp³-hybridized carbons (Fsp3) is 0.524. The fourth-order valence-electron chi connectivity index (χ4n) is 4.28. The second-order valence-corrected chi connectivity index (χ2v) is 7.45. The number of hydrogen-bond donors (Lipinski definition) is 0. The van der Waals surface area contributed by atoms with Crippen LogP contribution in [-0.2, 0) is 17.6 Å². The lowest BCUT2D eigenvalue weighted by molar-refractivity contribution is -0.139. The van der Waals surface area contributed by atoms with Crippen molar-refractivity contribution in [3.63, 3.8) is 0 Å². The molecule has 0 bridgehead atoms. The maximum Gasteiger partial charge on any atom is 0.339 e. The highest BCUT2D eigenvalue weighted by Crippen LogP contribution is 2.35. The zero-order chi connectivity index (χ0) is 17.4. The first kappa shape index (κ1) is 16.4. The monoisotopic (exact) mass is 340 g/mol. The summed E-state index contributed by atoms with van der Waals surface area (Å²) in [4.78, 5) is 24.9. The Morgan fingerprint density at radius 1 is 1.04 bits per heavy atom. The summed E-state index contributed by atoms with van der Waals surface area (Å²) in [5.41, 5.74) is 3.01. The van der Waals surface area contributed by atoms with Gasteiger partial charge in [0, 0.05) is 5.56 Å². The van der Waals surface area contributed by atoms with Crippen LogP contribution in [0.3, 0.4) is 0 Å². The van der Waals surface area contributed by atoms with Crippen LogP contribution in [0.4, 0.5) is 0 Å². The van der Waals surface area contributed by atoms with Crippen molar-refractivity contribution in [2.45, 2.75) is 64.7 Å². The van der Waals surface area contributed by atoms with Crippen molar-refractivity contribution >= 4 is 16.9 Å². The Kier molecular flexibility index (Phi) is 4.36. The third-order valence-corrected chi connectivity index (χ3v) is 5.58. The number of benzene rings is 1. The molecule has 1 aromatic carbocycles. The molecule has 4 rings (SSSR count). The van der Waals surface area contributed by atoms with Crippen LogP contribution in [0.5, 0.6) is 5.75 Å². The van der Waals surface area contributed by atoms with E-state index in [0.29, 0.717) is 11.3 Å². The third kappa shape index (κ3) is 3.10. The Hall–Kier alpha value is -2.10. The van der Waals surface area contributed by atoms with E-state index in [1.165, 1.54) is 6.42 Å². The highest BCUT2D eigenvalue weighted by Gasteiger charge is 2.26. The minimum absolute atomic E-state index is 0.00383. The van der Waals surface area contributed by atoms with Crippen molar-refractivity contribution in [2.24, 2.45) is 5.92 Å². The first-order chi connectivity index (χ1) is 12.1. The maximum atomic E-state index is 12.6. The van der Waals surface area contributed by atoms with Gasteiger partial charge in [-0.3, -0.25) is 4.79 Å². The Morgan fingerprint density at radius 2 is 1.76 bits per heavy atom. The molecule has 2 aromatic rings. The van der Waals surface area contributed by atoms with Gasteiger partial charge in [0.05, 0.1) is 11.3 Å². The van der Waals surface area contributed by atoms with Gasteiger partial charge in [-0.15, -0.1) is 0 Å². The van der Waals surface area contributed by atoms with Gasteiger partial charge in [-0.05, 0) is 68.7 Å². The molecule has 1 heterocycles. The summed E-state index contributed by atoms with van der Waals surface area (Å²) in [6.07, 6.45) is 8.87. The zero-order valence-electron chi connectivity index (χ0n) is 14.7. The van der Waals surface area contributed by atoms with E-state index in [2.05, 4.69) is 0 Å². The summed E-state index contributed by atoms with van der Waals surface area (Å²) in [5, 5.41) is 0.823. The van der Waals surface area contributed by atoms with E-state index < -0.39 is 0 Å². The minimum atomic E-state index is -0.239. The molecule has 0 amide bonds. The number of fused-ring (bicyclic) bond motifs is 3. The van der Waals surface area contributed by atoms with E-state index in [9.17, 15) is 9.59 Å². The van der Waals surface area contributed by atoms with Gasteiger partial charge >= 0.3 is 11.6 Å². The number of hydrogen-bond acceptors (Lipinski definition) is 4. The van der Waals surface area contributed by atoms with Crippen LogP contribution in [0.15, 0.2) is 21.3 Å². The normalized spacial score (nSPS) is 18.1. The molecule has 0 spiro atoms. The van der Waals surface area contributed by atoms with Crippen molar-refractivity contribution in [3.05, 3.63) is 39.2 Å². The number of carbonyl (C=O) groups excluding carboxylic acids is 1. The number of aryl methyl sites for hydroxylation is 2. The summed E-state index contributed by atoms with van der Waals surface area (Å²) in [6, 6.07) is 3.77. The third-order valence-electron chi connectivity index (χ3n) is 5.58. The first-order valence-electron chi connectivity index (χ1n) is 9.44. The summed E-state index contributed by atoms with van der Waals surface area (Å²) in [6.45, 7) is 1.93. The summed E-state index contributed by atoms with van der Waals surface area (Å²) in [7, 11) is 0. The molecule has 0 aliphatic heterocycles. The summed E-state index contributed by atoms with van der Waals surface area (Å²) < 4.78 is 11.4.